The van der Waals surface area contributed by atoms with Gasteiger partial charge in [0.25, 0.3) is 0 Å². The molecule has 1 N–H and O–H groups in total. The van der Waals surface area contributed by atoms with Crippen LogP contribution in [0.15, 0.2) is 18.2 Å². The number of fused-ring (bicyclic) bond motifs is 1. The number of nitrogens with zero attached hydrogens (tertiary/aromatic N) is 1. The lowest BCUT2D eigenvalue weighted by Crippen LogP contribution is -2.31. The first-order valence-electron chi connectivity index (χ1n) is 6.74. The van der Waals surface area contributed by atoms with Gasteiger partial charge in [-0.1, -0.05) is 18.6 Å². The summed E-state index contributed by atoms with van der Waals surface area (Å²) in [4.78, 5) is 13.3. The van der Waals surface area contributed by atoms with Crippen LogP contribution < -0.4 is 4.90 Å². The van der Waals surface area contributed by atoms with Gasteiger partial charge in [0, 0.05) is 19.2 Å². The van der Waals surface area contributed by atoms with Crippen LogP contribution in [0.25, 0.3) is 0 Å². The van der Waals surface area contributed by atoms with Crippen molar-refractivity contribution in [3.8, 4) is 0 Å². The average molecular weight is 245 g/mol. The van der Waals surface area contributed by atoms with E-state index in [1.54, 1.807) is 4.90 Å². The maximum atomic E-state index is 11.6. The van der Waals surface area contributed by atoms with E-state index in [0.717, 1.165) is 30.5 Å². The van der Waals surface area contributed by atoms with E-state index in [1.165, 1.54) is 12.0 Å². The predicted octanol–water partition coefficient (Wildman–Crippen LogP) is 2.43. The summed E-state index contributed by atoms with van der Waals surface area (Å²) in [5, 5.41) is 10.3. The number of aryl methyl sites for hydroxylation is 1. The number of hydrogen-bond acceptors (Lipinski definition) is 2. The van der Waals surface area contributed by atoms with Gasteiger partial charge in [0.2, 0.25) is 5.91 Å². The molecule has 1 saturated carbocycles. The standard InChI is InChI=1S/C15H19NO2/c1-16-13-7-5-12(15(18)10-3-2-4-10)9-11(13)6-8-14(16)17/h5,7,9-10,15,18H,2-4,6,8H2,1H3. The van der Waals surface area contributed by atoms with Crippen LogP contribution in [-0.2, 0) is 11.2 Å². The third-order valence-electron chi connectivity index (χ3n) is 4.39. The zero-order valence-electron chi connectivity index (χ0n) is 10.7. The van der Waals surface area contributed by atoms with Crippen LogP contribution in [0.4, 0.5) is 5.69 Å². The first-order chi connectivity index (χ1) is 8.66. The second-order valence-electron chi connectivity index (χ2n) is 5.48. The third-order valence-corrected chi connectivity index (χ3v) is 4.39. The molecule has 1 aromatic carbocycles. The molecule has 2 aliphatic rings. The lowest BCUT2D eigenvalue weighted by molar-refractivity contribution is -0.118. The second kappa shape index (κ2) is 4.39. The molecule has 0 spiro atoms. The smallest absolute Gasteiger partial charge is 0.227 e. The molecule has 3 rings (SSSR count). The molecule has 1 heterocycles. The fourth-order valence-corrected chi connectivity index (χ4v) is 2.89. The van der Waals surface area contributed by atoms with Gasteiger partial charge >= 0.3 is 0 Å². The van der Waals surface area contributed by atoms with Crippen LogP contribution >= 0.6 is 0 Å². The molecular weight excluding hydrogens is 226 g/mol. The first kappa shape index (κ1) is 11.7. The molecule has 1 unspecified atom stereocenters. The minimum Gasteiger partial charge on any atom is -0.388 e. The second-order valence-corrected chi connectivity index (χ2v) is 5.48. The summed E-state index contributed by atoms with van der Waals surface area (Å²) in [6.45, 7) is 0. The van der Waals surface area contributed by atoms with Gasteiger partial charge in [0.05, 0.1) is 6.10 Å². The summed E-state index contributed by atoms with van der Waals surface area (Å²) in [5.41, 5.74) is 3.20. The number of benzene rings is 1. The molecule has 1 aliphatic heterocycles. The Labute approximate surface area is 107 Å². The summed E-state index contributed by atoms with van der Waals surface area (Å²) in [6.07, 6.45) is 4.56. The highest BCUT2D eigenvalue weighted by atomic mass is 16.3. The Bertz CT molecular complexity index is 479. The van der Waals surface area contributed by atoms with Gasteiger partial charge in [0.15, 0.2) is 0 Å². The molecule has 1 amide bonds. The fraction of sp³-hybridized carbons (Fsp3) is 0.533. The number of aliphatic hydroxyl groups is 1. The number of amides is 1. The van der Waals surface area contributed by atoms with Crippen LogP contribution in [0.5, 0.6) is 0 Å². The Morgan fingerprint density at radius 3 is 2.78 bits per heavy atom. The van der Waals surface area contributed by atoms with Gasteiger partial charge in [-0.3, -0.25) is 4.79 Å². The highest BCUT2D eigenvalue weighted by Gasteiger charge is 2.28. The molecular formula is C15H19NO2. The van der Waals surface area contributed by atoms with Crippen LogP contribution in [0.1, 0.15) is 42.9 Å². The van der Waals surface area contributed by atoms with Gasteiger partial charge in [0.1, 0.15) is 0 Å². The Kier molecular flexibility index (Phi) is 2.86. The normalized spacial score (nSPS) is 21.4. The molecule has 0 radical (unpaired) electrons. The van der Waals surface area contributed by atoms with Crippen LogP contribution in [-0.4, -0.2) is 18.1 Å². The summed E-state index contributed by atoms with van der Waals surface area (Å²) in [7, 11) is 1.82. The molecule has 1 aromatic rings. The van der Waals surface area contributed by atoms with E-state index >= 15 is 0 Å². The monoisotopic (exact) mass is 245 g/mol. The van der Waals surface area contributed by atoms with E-state index < -0.39 is 0 Å². The number of carbonyl (C=O) groups is 1. The van der Waals surface area contributed by atoms with Gasteiger partial charge in [-0.2, -0.15) is 0 Å². The van der Waals surface area contributed by atoms with Crippen molar-refractivity contribution in [2.75, 3.05) is 11.9 Å². The van der Waals surface area contributed by atoms with E-state index in [9.17, 15) is 9.90 Å². The number of hydrogen-bond donors (Lipinski definition) is 1. The minimum atomic E-state index is -0.327. The van der Waals surface area contributed by atoms with Crippen molar-refractivity contribution in [1.82, 2.24) is 0 Å². The first-order valence-corrected chi connectivity index (χ1v) is 6.74. The van der Waals surface area contributed by atoms with Crippen molar-refractivity contribution in [3.63, 3.8) is 0 Å². The van der Waals surface area contributed by atoms with Crippen LogP contribution in [0.2, 0.25) is 0 Å². The average Bonchev–Trinajstić information content (AvgIpc) is 2.31. The highest BCUT2D eigenvalue weighted by Crippen LogP contribution is 2.39. The maximum absolute atomic E-state index is 11.6. The minimum absolute atomic E-state index is 0.176. The molecule has 18 heavy (non-hydrogen) atoms. The highest BCUT2D eigenvalue weighted by molar-refractivity contribution is 5.95. The lowest BCUT2D eigenvalue weighted by atomic mass is 9.78. The van der Waals surface area contributed by atoms with Crippen molar-refractivity contribution >= 4 is 11.6 Å². The zero-order valence-corrected chi connectivity index (χ0v) is 10.7. The molecule has 0 bridgehead atoms. The van der Waals surface area contributed by atoms with Crippen molar-refractivity contribution in [3.05, 3.63) is 29.3 Å². The molecule has 3 nitrogen and oxygen atoms in total. The quantitative estimate of drug-likeness (QED) is 0.869. The van der Waals surface area contributed by atoms with E-state index in [-0.39, 0.29) is 12.0 Å². The van der Waals surface area contributed by atoms with Gasteiger partial charge in [-0.05, 0) is 42.4 Å². The predicted molar refractivity (Wildman–Crippen MR) is 70.5 cm³/mol. The number of aliphatic hydroxyl groups excluding tert-OH is 1. The Hall–Kier alpha value is -1.35. The van der Waals surface area contributed by atoms with Crippen LogP contribution in [0.3, 0.4) is 0 Å². The summed E-state index contributed by atoms with van der Waals surface area (Å²) >= 11 is 0. The number of carbonyl (C=O) groups excluding carboxylic acids is 1. The largest absolute Gasteiger partial charge is 0.388 e. The number of anilines is 1. The zero-order chi connectivity index (χ0) is 12.7. The number of rotatable bonds is 2. The molecule has 1 fully saturated rings. The Morgan fingerprint density at radius 2 is 2.11 bits per heavy atom. The molecule has 0 aromatic heterocycles. The van der Waals surface area contributed by atoms with Crippen molar-refractivity contribution in [2.24, 2.45) is 5.92 Å². The molecule has 0 saturated heterocycles. The topological polar surface area (TPSA) is 40.5 Å². The Morgan fingerprint density at radius 1 is 1.33 bits per heavy atom. The van der Waals surface area contributed by atoms with Gasteiger partial charge in [-0.15, -0.1) is 0 Å². The summed E-state index contributed by atoms with van der Waals surface area (Å²) < 4.78 is 0. The summed E-state index contributed by atoms with van der Waals surface area (Å²) in [5.74, 6) is 0.612. The van der Waals surface area contributed by atoms with Gasteiger partial charge in [-0.25, -0.2) is 0 Å². The van der Waals surface area contributed by atoms with Crippen molar-refractivity contribution in [2.45, 2.75) is 38.2 Å². The van der Waals surface area contributed by atoms with Crippen LogP contribution in [0, 0.1) is 5.92 Å². The third kappa shape index (κ3) is 1.83. The fourth-order valence-electron chi connectivity index (χ4n) is 2.89. The molecule has 1 aliphatic carbocycles. The lowest BCUT2D eigenvalue weighted by Gasteiger charge is -2.32. The van der Waals surface area contributed by atoms with E-state index in [0.29, 0.717) is 12.3 Å². The Balaban J connectivity index is 1.89. The molecule has 1 atom stereocenters. The summed E-state index contributed by atoms with van der Waals surface area (Å²) in [6, 6.07) is 6.03. The van der Waals surface area contributed by atoms with E-state index in [4.69, 9.17) is 0 Å². The molecule has 96 valence electrons. The molecule has 3 heteroatoms. The van der Waals surface area contributed by atoms with Crippen molar-refractivity contribution < 1.29 is 9.90 Å². The van der Waals surface area contributed by atoms with E-state index in [2.05, 4.69) is 6.07 Å². The van der Waals surface area contributed by atoms with E-state index in [1.807, 2.05) is 19.2 Å². The van der Waals surface area contributed by atoms with Crippen molar-refractivity contribution in [1.29, 1.82) is 0 Å². The maximum Gasteiger partial charge on any atom is 0.227 e. The SMILES string of the molecule is CN1C(=O)CCc2cc(C(O)C3CCC3)ccc21. The van der Waals surface area contributed by atoms with Gasteiger partial charge < -0.3 is 10.0 Å².